The molecule has 3 aromatic heterocycles. The van der Waals surface area contributed by atoms with E-state index < -0.39 is 0 Å². The van der Waals surface area contributed by atoms with Crippen LogP contribution in [0.15, 0.2) is 40.5 Å². The summed E-state index contributed by atoms with van der Waals surface area (Å²) in [6, 6.07) is 8.91. The van der Waals surface area contributed by atoms with Gasteiger partial charge < -0.3 is 9.88 Å². The third kappa shape index (κ3) is 3.30. The molecule has 1 aromatic carbocycles. The van der Waals surface area contributed by atoms with Crippen molar-refractivity contribution in [3.63, 3.8) is 0 Å². The van der Waals surface area contributed by atoms with Crippen LogP contribution in [-0.4, -0.2) is 42.8 Å². The first-order valence-electron chi connectivity index (χ1n) is 8.34. The number of carbonyl (C=O) groups excluding carboxylic acids is 1. The van der Waals surface area contributed by atoms with E-state index in [0.717, 1.165) is 0 Å². The number of nitrogens with zero attached hydrogens (tertiary/aromatic N) is 5. The fourth-order valence-electron chi connectivity index (χ4n) is 2.85. The summed E-state index contributed by atoms with van der Waals surface area (Å²) < 4.78 is 2.13. The van der Waals surface area contributed by atoms with Crippen LogP contribution >= 0.6 is 22.9 Å². The predicted molar refractivity (Wildman–Crippen MR) is 107 cm³/mol. The fourth-order valence-corrected chi connectivity index (χ4v) is 3.76. The maximum atomic E-state index is 12.8. The van der Waals surface area contributed by atoms with Gasteiger partial charge in [-0.15, -0.1) is 16.4 Å². The first-order valence-corrected chi connectivity index (χ1v) is 9.60. The van der Waals surface area contributed by atoms with Crippen LogP contribution in [0.25, 0.3) is 15.9 Å². The third-order valence-corrected chi connectivity index (χ3v) is 5.38. The van der Waals surface area contributed by atoms with Crippen molar-refractivity contribution in [3.05, 3.63) is 68.3 Å². The number of benzene rings is 1. The highest BCUT2D eigenvalue weighted by Crippen LogP contribution is 2.18. The van der Waals surface area contributed by atoms with Gasteiger partial charge in [0.25, 0.3) is 11.5 Å². The van der Waals surface area contributed by atoms with Crippen molar-refractivity contribution in [2.45, 2.75) is 13.5 Å². The molecular formula is C18H15ClN6O2S. The zero-order chi connectivity index (χ0) is 19.8. The number of hydrogen-bond acceptors (Lipinski definition) is 6. The molecule has 0 spiro atoms. The van der Waals surface area contributed by atoms with E-state index in [9.17, 15) is 9.59 Å². The second-order valence-corrected chi connectivity index (χ2v) is 7.58. The predicted octanol–water partition coefficient (Wildman–Crippen LogP) is 2.80. The number of thiophene rings is 1. The molecule has 10 heteroatoms. The maximum absolute atomic E-state index is 12.8. The van der Waals surface area contributed by atoms with E-state index in [1.807, 2.05) is 11.4 Å². The average molecular weight is 415 g/mol. The first kappa shape index (κ1) is 18.3. The number of carbonyl (C=O) groups is 1. The fraction of sp³-hybridized carbons (Fsp3) is 0.167. The van der Waals surface area contributed by atoms with Crippen LogP contribution in [0.5, 0.6) is 0 Å². The van der Waals surface area contributed by atoms with Gasteiger partial charge in [0.05, 0.1) is 23.4 Å². The van der Waals surface area contributed by atoms with Gasteiger partial charge in [0.1, 0.15) is 10.5 Å². The second-order valence-electron chi connectivity index (χ2n) is 6.22. The zero-order valence-corrected chi connectivity index (χ0v) is 16.6. The SMILES string of the molecule is Cc1c(C(=O)N(C)Cc2nc3ccsc3c(=O)[nH]2)nnn1-c1cccc(Cl)c1. The van der Waals surface area contributed by atoms with E-state index in [4.69, 9.17) is 11.6 Å². The molecule has 4 aromatic rings. The molecule has 0 saturated carbocycles. The molecule has 3 heterocycles. The highest BCUT2D eigenvalue weighted by Gasteiger charge is 2.22. The molecule has 1 N–H and O–H groups in total. The molecule has 0 bridgehead atoms. The highest BCUT2D eigenvalue weighted by molar-refractivity contribution is 7.17. The van der Waals surface area contributed by atoms with Crippen LogP contribution in [-0.2, 0) is 6.54 Å². The minimum absolute atomic E-state index is 0.142. The summed E-state index contributed by atoms with van der Waals surface area (Å²) in [6.45, 7) is 1.91. The number of nitrogens with one attached hydrogen (secondary N) is 1. The zero-order valence-electron chi connectivity index (χ0n) is 15.0. The second kappa shape index (κ2) is 7.17. The Bertz CT molecular complexity index is 1240. The Morgan fingerprint density at radius 2 is 2.18 bits per heavy atom. The Morgan fingerprint density at radius 1 is 1.36 bits per heavy atom. The van der Waals surface area contributed by atoms with Crippen LogP contribution in [0.4, 0.5) is 0 Å². The molecule has 0 radical (unpaired) electrons. The van der Waals surface area contributed by atoms with E-state index >= 15 is 0 Å². The molecule has 0 aliphatic carbocycles. The summed E-state index contributed by atoms with van der Waals surface area (Å²) in [4.78, 5) is 33.5. The Kier molecular flexibility index (Phi) is 4.70. The Hall–Kier alpha value is -3.04. The number of halogens is 1. The molecule has 0 aliphatic rings. The Balaban J connectivity index is 1.59. The topological polar surface area (TPSA) is 96.8 Å². The van der Waals surface area contributed by atoms with Crippen molar-refractivity contribution in [3.8, 4) is 5.69 Å². The molecule has 0 saturated heterocycles. The van der Waals surface area contributed by atoms with Crippen molar-refractivity contribution in [1.82, 2.24) is 29.9 Å². The van der Waals surface area contributed by atoms with Gasteiger partial charge in [-0.25, -0.2) is 9.67 Å². The summed E-state index contributed by atoms with van der Waals surface area (Å²) in [5.41, 5.74) is 1.94. The first-order chi connectivity index (χ1) is 13.4. The molecule has 0 unspecified atom stereocenters. The molecule has 0 fully saturated rings. The van der Waals surface area contributed by atoms with Crippen molar-refractivity contribution in [1.29, 1.82) is 0 Å². The van der Waals surface area contributed by atoms with Gasteiger partial charge in [-0.1, -0.05) is 22.9 Å². The lowest BCUT2D eigenvalue weighted by atomic mass is 10.2. The lowest BCUT2D eigenvalue weighted by Gasteiger charge is -2.15. The Morgan fingerprint density at radius 3 is 2.96 bits per heavy atom. The lowest BCUT2D eigenvalue weighted by molar-refractivity contribution is 0.0775. The summed E-state index contributed by atoms with van der Waals surface area (Å²) >= 11 is 7.36. The number of H-pyrrole nitrogens is 1. The van der Waals surface area contributed by atoms with E-state index in [2.05, 4.69) is 20.3 Å². The minimum atomic E-state index is -0.321. The van der Waals surface area contributed by atoms with Crippen LogP contribution in [0.1, 0.15) is 22.0 Å². The number of rotatable bonds is 4. The molecule has 142 valence electrons. The third-order valence-electron chi connectivity index (χ3n) is 4.25. The highest BCUT2D eigenvalue weighted by atomic mass is 35.5. The van der Waals surface area contributed by atoms with Crippen molar-refractivity contribution < 1.29 is 4.79 Å². The standard InChI is InChI=1S/C18H15ClN6O2S/c1-10-15(22-23-25(10)12-5-3-4-11(19)8-12)18(27)24(2)9-14-20-13-6-7-28-16(13)17(26)21-14/h3-8H,9H2,1-2H3,(H,20,21,26). The molecule has 1 amide bonds. The van der Waals surface area contributed by atoms with Gasteiger partial charge in [0.2, 0.25) is 0 Å². The normalized spacial score (nSPS) is 11.1. The maximum Gasteiger partial charge on any atom is 0.276 e. The smallest absolute Gasteiger partial charge is 0.276 e. The molecule has 0 aliphatic heterocycles. The van der Waals surface area contributed by atoms with Crippen LogP contribution < -0.4 is 5.56 Å². The molecule has 4 rings (SSSR count). The largest absolute Gasteiger partial charge is 0.333 e. The van der Waals surface area contributed by atoms with Crippen molar-refractivity contribution in [2.75, 3.05) is 7.05 Å². The molecular weight excluding hydrogens is 400 g/mol. The van der Waals surface area contributed by atoms with Gasteiger partial charge in [-0.3, -0.25) is 9.59 Å². The van der Waals surface area contributed by atoms with E-state index in [0.29, 0.717) is 32.4 Å². The average Bonchev–Trinajstić information content (AvgIpc) is 3.28. The van der Waals surface area contributed by atoms with Gasteiger partial charge in [0, 0.05) is 12.1 Å². The van der Waals surface area contributed by atoms with Gasteiger partial charge in [-0.2, -0.15) is 0 Å². The van der Waals surface area contributed by atoms with E-state index in [1.165, 1.54) is 16.2 Å². The van der Waals surface area contributed by atoms with E-state index in [1.54, 1.807) is 42.9 Å². The summed E-state index contributed by atoms with van der Waals surface area (Å²) in [5.74, 6) is 0.0884. The number of amides is 1. The number of aromatic amines is 1. The number of aromatic nitrogens is 5. The Labute approximate surface area is 168 Å². The monoisotopic (exact) mass is 414 g/mol. The van der Waals surface area contributed by atoms with Crippen molar-refractivity contribution in [2.24, 2.45) is 0 Å². The number of hydrogen-bond donors (Lipinski definition) is 1. The lowest BCUT2D eigenvalue weighted by Crippen LogP contribution is -2.29. The van der Waals surface area contributed by atoms with E-state index in [-0.39, 0.29) is 23.7 Å². The quantitative estimate of drug-likeness (QED) is 0.553. The van der Waals surface area contributed by atoms with Crippen LogP contribution in [0, 0.1) is 6.92 Å². The minimum Gasteiger partial charge on any atom is -0.333 e. The number of fused-ring (bicyclic) bond motifs is 1. The molecule has 0 atom stereocenters. The van der Waals surface area contributed by atoms with Gasteiger partial charge in [-0.05, 0) is 36.6 Å². The summed E-state index contributed by atoms with van der Waals surface area (Å²) in [5, 5.41) is 10.5. The summed E-state index contributed by atoms with van der Waals surface area (Å²) in [7, 11) is 1.62. The molecule has 28 heavy (non-hydrogen) atoms. The van der Waals surface area contributed by atoms with Crippen LogP contribution in [0.2, 0.25) is 5.02 Å². The van der Waals surface area contributed by atoms with Crippen molar-refractivity contribution >= 4 is 39.1 Å². The van der Waals surface area contributed by atoms with Gasteiger partial charge >= 0.3 is 0 Å². The van der Waals surface area contributed by atoms with Gasteiger partial charge in [0.15, 0.2) is 5.69 Å². The summed E-state index contributed by atoms with van der Waals surface area (Å²) in [6.07, 6.45) is 0. The van der Waals surface area contributed by atoms with Crippen LogP contribution in [0.3, 0.4) is 0 Å². The molecule has 8 nitrogen and oxygen atoms in total.